The van der Waals surface area contributed by atoms with Crippen LogP contribution in [-0.4, -0.2) is 65.3 Å². The zero-order valence-corrected chi connectivity index (χ0v) is 18.9. The maximum absolute atomic E-state index is 12.7. The summed E-state index contributed by atoms with van der Waals surface area (Å²) >= 11 is 0. The molecule has 2 amide bonds. The van der Waals surface area contributed by atoms with Crippen LogP contribution in [0.5, 0.6) is 0 Å². The van der Waals surface area contributed by atoms with Gasteiger partial charge in [0.1, 0.15) is 5.82 Å². The fraction of sp³-hybridized carbons (Fsp3) is 0.542. The Hall–Kier alpha value is -2.75. The van der Waals surface area contributed by atoms with Crippen LogP contribution in [0.1, 0.15) is 30.4 Å². The molecule has 1 atom stereocenters. The SMILES string of the molecule is N[C@H]1C[C@H](CNC2CCc3cc(-n4ccc(NC(=O)N5CCNCC5)nc4=O)ccc3C2)C1. The van der Waals surface area contributed by atoms with E-state index in [1.165, 1.54) is 15.7 Å². The van der Waals surface area contributed by atoms with E-state index in [0.29, 0.717) is 25.2 Å². The molecule has 2 fully saturated rings. The number of nitrogens with two attached hydrogens (primary N) is 1. The lowest BCUT2D eigenvalue weighted by Crippen LogP contribution is -2.48. The van der Waals surface area contributed by atoms with Gasteiger partial charge in [0.05, 0.1) is 5.69 Å². The van der Waals surface area contributed by atoms with Gasteiger partial charge in [-0.25, -0.2) is 9.59 Å². The molecule has 0 spiro atoms. The highest BCUT2D eigenvalue weighted by atomic mass is 16.2. The van der Waals surface area contributed by atoms with Gasteiger partial charge in [0.15, 0.2) is 0 Å². The van der Waals surface area contributed by atoms with E-state index >= 15 is 0 Å². The van der Waals surface area contributed by atoms with Crippen molar-refractivity contribution >= 4 is 11.8 Å². The van der Waals surface area contributed by atoms with Gasteiger partial charge >= 0.3 is 11.7 Å². The monoisotopic (exact) mass is 451 g/mol. The standard InChI is InChI=1S/C24H33N7O2/c25-19-11-16(12-19)15-27-20-3-1-18-14-21(4-2-17(18)13-20)31-8-5-22(29-24(31)33)28-23(32)30-9-6-26-7-10-30/h2,4-5,8,14,16,19-20,26-27H,1,3,6-7,9-13,15,25H2,(H,28,29,32,33)/t16-,19-,20?. The Morgan fingerprint density at radius 1 is 1.18 bits per heavy atom. The molecule has 1 saturated heterocycles. The van der Waals surface area contributed by atoms with Gasteiger partial charge in [0, 0.05) is 44.5 Å². The van der Waals surface area contributed by atoms with Crippen LogP contribution in [0.15, 0.2) is 35.3 Å². The van der Waals surface area contributed by atoms with Gasteiger partial charge in [-0.2, -0.15) is 4.98 Å². The zero-order chi connectivity index (χ0) is 22.8. The second-order valence-corrected chi connectivity index (χ2v) is 9.53. The molecule has 9 heteroatoms. The molecule has 1 aromatic heterocycles. The van der Waals surface area contributed by atoms with Crippen LogP contribution in [0, 0.1) is 5.92 Å². The molecule has 2 aliphatic carbocycles. The molecule has 1 saturated carbocycles. The summed E-state index contributed by atoms with van der Waals surface area (Å²) in [5, 5.41) is 9.67. The third kappa shape index (κ3) is 5.10. The number of urea groups is 1. The Balaban J connectivity index is 1.22. The highest BCUT2D eigenvalue weighted by molar-refractivity contribution is 5.88. The first-order chi connectivity index (χ1) is 16.0. The average molecular weight is 452 g/mol. The van der Waals surface area contributed by atoms with Gasteiger partial charge in [0.2, 0.25) is 0 Å². The van der Waals surface area contributed by atoms with Gasteiger partial charge in [-0.3, -0.25) is 9.88 Å². The number of nitrogens with one attached hydrogen (secondary N) is 3. The van der Waals surface area contributed by atoms with E-state index in [1.54, 1.807) is 17.2 Å². The van der Waals surface area contributed by atoms with E-state index in [0.717, 1.165) is 63.3 Å². The van der Waals surface area contributed by atoms with Gasteiger partial charge < -0.3 is 21.3 Å². The number of anilines is 1. The summed E-state index contributed by atoms with van der Waals surface area (Å²) in [5.74, 6) is 1.01. The van der Waals surface area contributed by atoms with Crippen LogP contribution >= 0.6 is 0 Å². The first-order valence-electron chi connectivity index (χ1n) is 12.0. The quantitative estimate of drug-likeness (QED) is 0.536. The minimum Gasteiger partial charge on any atom is -0.328 e. The number of benzene rings is 1. The summed E-state index contributed by atoms with van der Waals surface area (Å²) in [4.78, 5) is 30.9. The predicted octanol–water partition coefficient (Wildman–Crippen LogP) is 0.854. The number of amides is 2. The molecule has 176 valence electrons. The number of carbonyl (C=O) groups excluding carboxylic acids is 1. The summed E-state index contributed by atoms with van der Waals surface area (Å²) in [6.45, 7) is 3.89. The predicted molar refractivity (Wildman–Crippen MR) is 128 cm³/mol. The smallest absolute Gasteiger partial charge is 0.328 e. The summed E-state index contributed by atoms with van der Waals surface area (Å²) in [7, 11) is 0. The first-order valence-corrected chi connectivity index (χ1v) is 12.0. The molecule has 0 bridgehead atoms. The van der Waals surface area contributed by atoms with Crippen LogP contribution in [0.25, 0.3) is 5.69 Å². The van der Waals surface area contributed by atoms with Crippen molar-refractivity contribution in [3.63, 3.8) is 0 Å². The number of carbonyl (C=O) groups is 1. The number of piperazine rings is 1. The van der Waals surface area contributed by atoms with Crippen molar-refractivity contribution in [2.75, 3.05) is 38.0 Å². The van der Waals surface area contributed by atoms with Crippen molar-refractivity contribution in [3.05, 3.63) is 52.1 Å². The molecule has 9 nitrogen and oxygen atoms in total. The molecule has 33 heavy (non-hydrogen) atoms. The molecule has 2 heterocycles. The second kappa shape index (κ2) is 9.62. The number of aryl methyl sites for hydroxylation is 1. The van der Waals surface area contributed by atoms with Crippen molar-refractivity contribution in [3.8, 4) is 5.69 Å². The van der Waals surface area contributed by atoms with E-state index in [1.807, 2.05) is 6.07 Å². The molecule has 5 rings (SSSR count). The van der Waals surface area contributed by atoms with Crippen LogP contribution in [0.2, 0.25) is 0 Å². The molecule has 1 aromatic carbocycles. The molecular weight excluding hydrogens is 418 g/mol. The van der Waals surface area contributed by atoms with Crippen LogP contribution in [-0.2, 0) is 12.8 Å². The van der Waals surface area contributed by atoms with Crippen LogP contribution < -0.4 is 27.4 Å². The number of aromatic nitrogens is 2. The zero-order valence-electron chi connectivity index (χ0n) is 18.9. The minimum atomic E-state index is -0.401. The number of nitrogens with zero attached hydrogens (tertiary/aromatic N) is 3. The summed E-state index contributed by atoms with van der Waals surface area (Å²) in [5.41, 5.74) is 8.93. The molecule has 3 aliphatic rings. The van der Waals surface area contributed by atoms with Gasteiger partial charge in [-0.1, -0.05) is 6.07 Å². The number of hydrogen-bond donors (Lipinski definition) is 4. The Labute approximate surface area is 193 Å². The second-order valence-electron chi connectivity index (χ2n) is 9.53. The fourth-order valence-corrected chi connectivity index (χ4v) is 5.08. The molecule has 1 aliphatic heterocycles. The lowest BCUT2D eigenvalue weighted by molar-refractivity contribution is 0.204. The van der Waals surface area contributed by atoms with Crippen molar-refractivity contribution in [1.82, 2.24) is 25.1 Å². The maximum atomic E-state index is 12.7. The van der Waals surface area contributed by atoms with E-state index in [9.17, 15) is 9.59 Å². The number of rotatable bonds is 5. The van der Waals surface area contributed by atoms with Gasteiger partial charge in [-0.15, -0.1) is 0 Å². The van der Waals surface area contributed by atoms with Gasteiger partial charge in [-0.05, 0) is 73.9 Å². The lowest BCUT2D eigenvalue weighted by atomic mass is 9.80. The Bertz CT molecular complexity index is 1060. The lowest BCUT2D eigenvalue weighted by Gasteiger charge is -2.35. The average Bonchev–Trinajstić information content (AvgIpc) is 2.81. The molecule has 1 unspecified atom stereocenters. The fourth-order valence-electron chi connectivity index (χ4n) is 5.08. The van der Waals surface area contributed by atoms with Crippen molar-refractivity contribution in [2.24, 2.45) is 11.7 Å². The van der Waals surface area contributed by atoms with E-state index in [4.69, 9.17) is 5.73 Å². The molecule has 5 N–H and O–H groups in total. The third-order valence-electron chi connectivity index (χ3n) is 7.11. The molecule has 0 radical (unpaired) electrons. The van der Waals surface area contributed by atoms with Gasteiger partial charge in [0.25, 0.3) is 0 Å². The Morgan fingerprint density at radius 2 is 2.00 bits per heavy atom. The molecular formula is C24H33N7O2. The van der Waals surface area contributed by atoms with E-state index in [-0.39, 0.29) is 11.8 Å². The van der Waals surface area contributed by atoms with Crippen molar-refractivity contribution in [2.45, 2.75) is 44.2 Å². The van der Waals surface area contributed by atoms with Crippen molar-refractivity contribution in [1.29, 1.82) is 0 Å². The third-order valence-corrected chi connectivity index (χ3v) is 7.11. The molecule has 2 aromatic rings. The van der Waals surface area contributed by atoms with Crippen molar-refractivity contribution < 1.29 is 4.79 Å². The maximum Gasteiger partial charge on any atom is 0.354 e. The minimum absolute atomic E-state index is 0.224. The number of fused-ring (bicyclic) bond motifs is 1. The van der Waals surface area contributed by atoms with Crippen LogP contribution in [0.4, 0.5) is 10.6 Å². The highest BCUT2D eigenvalue weighted by Crippen LogP contribution is 2.27. The van der Waals surface area contributed by atoms with Crippen LogP contribution in [0.3, 0.4) is 0 Å². The number of hydrogen-bond acceptors (Lipinski definition) is 6. The Kier molecular flexibility index (Phi) is 6.43. The first kappa shape index (κ1) is 22.1. The summed E-state index contributed by atoms with van der Waals surface area (Å²) < 4.78 is 1.53. The topological polar surface area (TPSA) is 117 Å². The normalized spacial score (nSPS) is 24.6. The largest absolute Gasteiger partial charge is 0.354 e. The summed E-state index contributed by atoms with van der Waals surface area (Å²) in [6, 6.07) is 8.56. The highest BCUT2D eigenvalue weighted by Gasteiger charge is 2.27. The van der Waals surface area contributed by atoms with E-state index < -0.39 is 5.69 Å². The Morgan fingerprint density at radius 3 is 2.76 bits per heavy atom. The summed E-state index contributed by atoms with van der Waals surface area (Å²) in [6.07, 6.45) is 7.06. The van der Waals surface area contributed by atoms with E-state index in [2.05, 4.69) is 33.1 Å².